The molecule has 0 spiro atoms. The van der Waals surface area contributed by atoms with Gasteiger partial charge in [0.1, 0.15) is 5.75 Å². The first-order valence-corrected chi connectivity index (χ1v) is 8.40. The van der Waals surface area contributed by atoms with Gasteiger partial charge in [-0.3, -0.25) is 4.90 Å². The van der Waals surface area contributed by atoms with E-state index in [1.54, 1.807) is 7.11 Å². The molecule has 2 fully saturated rings. The fraction of sp³-hybridized carbons (Fsp3) is 0.667. The van der Waals surface area contributed by atoms with E-state index < -0.39 is 0 Å². The average Bonchev–Trinajstić information content (AvgIpc) is 3.33. The molecule has 2 unspecified atom stereocenters. The molecule has 2 atom stereocenters. The zero-order valence-corrected chi connectivity index (χ0v) is 13.3. The fourth-order valence-corrected chi connectivity index (χ4v) is 3.57. The molecule has 1 N–H and O–H groups in total. The van der Waals surface area contributed by atoms with Crippen LogP contribution in [-0.2, 0) is 6.54 Å². The molecule has 3 rings (SSSR count). The van der Waals surface area contributed by atoms with Crippen LogP contribution in [0.15, 0.2) is 24.3 Å². The SMILES string of the molecule is CCCC1CN(Cc2cccc(OC)c2)C(C2CC2)CN1. The number of rotatable bonds is 6. The predicted molar refractivity (Wildman–Crippen MR) is 86.6 cm³/mol. The molecule has 21 heavy (non-hydrogen) atoms. The molecule has 1 aliphatic heterocycles. The van der Waals surface area contributed by atoms with E-state index in [0.717, 1.165) is 24.3 Å². The lowest BCUT2D eigenvalue weighted by Crippen LogP contribution is -2.56. The monoisotopic (exact) mass is 288 g/mol. The number of benzene rings is 1. The van der Waals surface area contributed by atoms with E-state index >= 15 is 0 Å². The van der Waals surface area contributed by atoms with Crippen molar-refractivity contribution in [2.24, 2.45) is 5.92 Å². The second-order valence-electron chi connectivity index (χ2n) is 6.58. The molecule has 3 nitrogen and oxygen atoms in total. The molecule has 1 saturated heterocycles. The summed E-state index contributed by atoms with van der Waals surface area (Å²) in [4.78, 5) is 2.71. The Morgan fingerprint density at radius 1 is 1.33 bits per heavy atom. The number of hydrogen-bond donors (Lipinski definition) is 1. The Labute approximate surface area is 128 Å². The van der Waals surface area contributed by atoms with E-state index in [1.165, 1.54) is 44.3 Å². The molecule has 1 aromatic carbocycles. The molecule has 1 heterocycles. The van der Waals surface area contributed by atoms with Gasteiger partial charge in [0.2, 0.25) is 0 Å². The van der Waals surface area contributed by atoms with E-state index in [9.17, 15) is 0 Å². The second kappa shape index (κ2) is 6.80. The van der Waals surface area contributed by atoms with Gasteiger partial charge in [-0.15, -0.1) is 0 Å². The van der Waals surface area contributed by atoms with Crippen molar-refractivity contribution in [3.8, 4) is 5.75 Å². The Bertz CT molecular complexity index is 458. The summed E-state index contributed by atoms with van der Waals surface area (Å²) in [5.74, 6) is 1.89. The number of piperazine rings is 1. The summed E-state index contributed by atoms with van der Waals surface area (Å²) in [7, 11) is 1.74. The third-order valence-corrected chi connectivity index (χ3v) is 4.86. The largest absolute Gasteiger partial charge is 0.497 e. The van der Waals surface area contributed by atoms with Gasteiger partial charge in [-0.1, -0.05) is 25.5 Å². The van der Waals surface area contributed by atoms with E-state index in [-0.39, 0.29) is 0 Å². The maximum absolute atomic E-state index is 5.36. The Morgan fingerprint density at radius 3 is 2.90 bits per heavy atom. The highest BCUT2D eigenvalue weighted by atomic mass is 16.5. The number of ether oxygens (including phenoxy) is 1. The molecule has 1 saturated carbocycles. The lowest BCUT2D eigenvalue weighted by atomic mass is 10.0. The van der Waals surface area contributed by atoms with Crippen LogP contribution >= 0.6 is 0 Å². The van der Waals surface area contributed by atoms with Gasteiger partial charge in [-0.2, -0.15) is 0 Å². The van der Waals surface area contributed by atoms with E-state index in [1.807, 2.05) is 6.07 Å². The summed E-state index contributed by atoms with van der Waals surface area (Å²) >= 11 is 0. The van der Waals surface area contributed by atoms with E-state index in [0.29, 0.717) is 6.04 Å². The number of hydrogen-bond acceptors (Lipinski definition) is 3. The standard InChI is InChI=1S/C18H28N2O/c1-3-5-16-13-20(18(11-19-16)15-8-9-15)12-14-6-4-7-17(10-14)21-2/h4,6-7,10,15-16,18-19H,3,5,8-9,11-13H2,1-2H3. The summed E-state index contributed by atoms with van der Waals surface area (Å²) in [6.45, 7) is 5.69. The molecule has 116 valence electrons. The molecule has 0 radical (unpaired) electrons. The predicted octanol–water partition coefficient (Wildman–Crippen LogP) is 3.05. The molecule has 1 aromatic rings. The summed E-state index contributed by atoms with van der Waals surface area (Å²) in [5, 5.41) is 3.76. The molecule has 1 aliphatic carbocycles. The summed E-state index contributed by atoms with van der Waals surface area (Å²) in [5.41, 5.74) is 1.37. The minimum Gasteiger partial charge on any atom is -0.497 e. The Hall–Kier alpha value is -1.06. The lowest BCUT2D eigenvalue weighted by Gasteiger charge is -2.41. The van der Waals surface area contributed by atoms with Gasteiger partial charge in [0.05, 0.1) is 7.11 Å². The van der Waals surface area contributed by atoms with Crippen LogP contribution in [0.25, 0.3) is 0 Å². The number of nitrogens with zero attached hydrogens (tertiary/aromatic N) is 1. The van der Waals surface area contributed by atoms with Crippen LogP contribution in [0.1, 0.15) is 38.2 Å². The normalized spacial score (nSPS) is 26.8. The van der Waals surface area contributed by atoms with Crippen molar-refractivity contribution in [2.45, 2.75) is 51.2 Å². The van der Waals surface area contributed by atoms with Crippen molar-refractivity contribution in [2.75, 3.05) is 20.2 Å². The van der Waals surface area contributed by atoms with Gasteiger partial charge in [0.25, 0.3) is 0 Å². The Balaban J connectivity index is 1.68. The van der Waals surface area contributed by atoms with E-state index in [4.69, 9.17) is 4.74 Å². The van der Waals surface area contributed by atoms with Crippen molar-refractivity contribution in [1.29, 1.82) is 0 Å². The van der Waals surface area contributed by atoms with Gasteiger partial charge in [0.15, 0.2) is 0 Å². The first kappa shape index (κ1) is 14.9. The molecule has 0 bridgehead atoms. The maximum atomic E-state index is 5.36. The molecular weight excluding hydrogens is 260 g/mol. The van der Waals surface area contributed by atoms with Crippen LogP contribution in [-0.4, -0.2) is 37.2 Å². The average molecular weight is 288 g/mol. The number of nitrogens with one attached hydrogen (secondary N) is 1. The molecule has 0 amide bonds. The van der Waals surface area contributed by atoms with Crippen LogP contribution in [0.5, 0.6) is 5.75 Å². The Morgan fingerprint density at radius 2 is 2.19 bits per heavy atom. The van der Waals surface area contributed by atoms with Crippen LogP contribution in [0, 0.1) is 5.92 Å². The maximum Gasteiger partial charge on any atom is 0.119 e. The summed E-state index contributed by atoms with van der Waals surface area (Å²) < 4.78 is 5.36. The van der Waals surface area contributed by atoms with Gasteiger partial charge in [-0.25, -0.2) is 0 Å². The van der Waals surface area contributed by atoms with Crippen LogP contribution < -0.4 is 10.1 Å². The van der Waals surface area contributed by atoms with Gasteiger partial charge in [0, 0.05) is 31.7 Å². The molecule has 3 heteroatoms. The summed E-state index contributed by atoms with van der Waals surface area (Å²) in [6.07, 6.45) is 5.38. The zero-order valence-electron chi connectivity index (χ0n) is 13.3. The molecular formula is C18H28N2O. The quantitative estimate of drug-likeness (QED) is 0.871. The first-order chi connectivity index (χ1) is 10.3. The zero-order chi connectivity index (χ0) is 14.7. The van der Waals surface area contributed by atoms with Gasteiger partial charge in [-0.05, 0) is 42.9 Å². The minimum atomic E-state index is 0.663. The summed E-state index contributed by atoms with van der Waals surface area (Å²) in [6, 6.07) is 9.93. The highest BCUT2D eigenvalue weighted by Gasteiger charge is 2.38. The van der Waals surface area contributed by atoms with Crippen LogP contribution in [0.3, 0.4) is 0 Å². The van der Waals surface area contributed by atoms with Crippen molar-refractivity contribution < 1.29 is 4.74 Å². The van der Waals surface area contributed by atoms with Crippen molar-refractivity contribution >= 4 is 0 Å². The lowest BCUT2D eigenvalue weighted by molar-refractivity contribution is 0.104. The third kappa shape index (κ3) is 3.78. The highest BCUT2D eigenvalue weighted by Crippen LogP contribution is 2.37. The van der Waals surface area contributed by atoms with Crippen molar-refractivity contribution in [3.63, 3.8) is 0 Å². The van der Waals surface area contributed by atoms with Crippen molar-refractivity contribution in [3.05, 3.63) is 29.8 Å². The third-order valence-electron chi connectivity index (χ3n) is 4.86. The number of methoxy groups -OCH3 is 1. The van der Waals surface area contributed by atoms with Crippen LogP contribution in [0.2, 0.25) is 0 Å². The Kier molecular flexibility index (Phi) is 4.81. The van der Waals surface area contributed by atoms with Crippen molar-refractivity contribution in [1.82, 2.24) is 10.2 Å². The smallest absolute Gasteiger partial charge is 0.119 e. The second-order valence-corrected chi connectivity index (χ2v) is 6.58. The van der Waals surface area contributed by atoms with E-state index in [2.05, 4.69) is 35.3 Å². The molecule has 2 aliphatic rings. The topological polar surface area (TPSA) is 24.5 Å². The minimum absolute atomic E-state index is 0.663. The highest BCUT2D eigenvalue weighted by molar-refractivity contribution is 5.28. The van der Waals surface area contributed by atoms with Gasteiger partial charge < -0.3 is 10.1 Å². The fourth-order valence-electron chi connectivity index (χ4n) is 3.57. The first-order valence-electron chi connectivity index (χ1n) is 8.40. The molecule has 0 aromatic heterocycles. The van der Waals surface area contributed by atoms with Crippen LogP contribution in [0.4, 0.5) is 0 Å². The van der Waals surface area contributed by atoms with Gasteiger partial charge >= 0.3 is 0 Å².